The molecule has 0 atom stereocenters. The van der Waals surface area contributed by atoms with Crippen LogP contribution >= 0.6 is 0 Å². The smallest absolute Gasteiger partial charge is 0.222 e. The minimum Gasteiger partial charge on any atom is -0.343 e. The van der Waals surface area contributed by atoms with Gasteiger partial charge in [0.2, 0.25) is 5.91 Å². The number of hydrogen-bond acceptors (Lipinski definition) is 3. The van der Waals surface area contributed by atoms with Crippen LogP contribution < -0.4 is 5.73 Å². The van der Waals surface area contributed by atoms with Crippen LogP contribution in [0.2, 0.25) is 0 Å². The molecule has 2 N–H and O–H groups in total. The molecule has 0 aromatic rings. The molecular weight excluding hydrogens is 214 g/mol. The Morgan fingerprint density at radius 1 is 1.06 bits per heavy atom. The molecule has 102 valence electrons. The summed E-state index contributed by atoms with van der Waals surface area (Å²) in [5.41, 5.74) is 5.43. The summed E-state index contributed by atoms with van der Waals surface area (Å²) >= 11 is 0. The van der Waals surface area contributed by atoms with Gasteiger partial charge >= 0.3 is 0 Å². The summed E-state index contributed by atoms with van der Waals surface area (Å²) < 4.78 is 0. The number of nitrogens with zero attached hydrogens (tertiary/aromatic N) is 2. The zero-order valence-electron chi connectivity index (χ0n) is 11.7. The molecule has 0 bridgehead atoms. The van der Waals surface area contributed by atoms with Crippen LogP contribution in [0.3, 0.4) is 0 Å². The second kappa shape index (κ2) is 10.5. The van der Waals surface area contributed by atoms with Crippen LogP contribution in [-0.4, -0.2) is 56.0 Å². The summed E-state index contributed by atoms with van der Waals surface area (Å²) in [4.78, 5) is 16.0. The molecule has 0 aliphatic carbocycles. The Balaban J connectivity index is 3.71. The van der Waals surface area contributed by atoms with Crippen molar-refractivity contribution >= 4 is 5.91 Å². The monoisotopic (exact) mass is 243 g/mol. The predicted octanol–water partition coefficient (Wildman–Crippen LogP) is 1.31. The van der Waals surface area contributed by atoms with Gasteiger partial charge in [-0.05, 0) is 53.4 Å². The van der Waals surface area contributed by atoms with Crippen molar-refractivity contribution in [3.05, 3.63) is 0 Å². The first kappa shape index (κ1) is 16.4. The number of rotatable bonds is 10. The summed E-state index contributed by atoms with van der Waals surface area (Å²) in [7, 11) is 4.12. The van der Waals surface area contributed by atoms with Crippen molar-refractivity contribution in [1.29, 1.82) is 0 Å². The Bertz CT molecular complexity index is 195. The van der Waals surface area contributed by atoms with E-state index in [4.69, 9.17) is 5.73 Å². The average molecular weight is 243 g/mol. The van der Waals surface area contributed by atoms with Crippen molar-refractivity contribution in [2.75, 3.05) is 40.3 Å². The van der Waals surface area contributed by atoms with Gasteiger partial charge in [0.05, 0.1) is 0 Å². The first-order valence-corrected chi connectivity index (χ1v) is 6.74. The molecule has 0 radical (unpaired) electrons. The van der Waals surface area contributed by atoms with Crippen molar-refractivity contribution < 1.29 is 4.79 Å². The average Bonchev–Trinajstić information content (AvgIpc) is 2.29. The lowest BCUT2D eigenvalue weighted by Crippen LogP contribution is -2.33. The lowest BCUT2D eigenvalue weighted by molar-refractivity contribution is -0.131. The molecule has 0 spiro atoms. The predicted molar refractivity (Wildman–Crippen MR) is 72.9 cm³/mol. The first-order chi connectivity index (χ1) is 8.11. The van der Waals surface area contributed by atoms with Crippen LogP contribution in [0, 0.1) is 0 Å². The molecule has 1 amide bonds. The molecule has 4 nitrogen and oxygen atoms in total. The van der Waals surface area contributed by atoms with Crippen LogP contribution in [0.25, 0.3) is 0 Å². The third-order valence-electron chi connectivity index (χ3n) is 2.86. The Labute approximate surface area is 106 Å². The van der Waals surface area contributed by atoms with Crippen LogP contribution in [-0.2, 0) is 4.79 Å². The fourth-order valence-corrected chi connectivity index (χ4v) is 1.79. The van der Waals surface area contributed by atoms with Crippen molar-refractivity contribution in [2.24, 2.45) is 5.73 Å². The minimum atomic E-state index is 0.295. The molecule has 0 rings (SSSR count). The lowest BCUT2D eigenvalue weighted by Gasteiger charge is -2.21. The molecule has 17 heavy (non-hydrogen) atoms. The van der Waals surface area contributed by atoms with Crippen LogP contribution in [0.15, 0.2) is 0 Å². The number of nitrogens with two attached hydrogens (primary N) is 1. The van der Waals surface area contributed by atoms with Gasteiger partial charge < -0.3 is 15.5 Å². The normalized spacial score (nSPS) is 10.9. The van der Waals surface area contributed by atoms with E-state index in [2.05, 4.69) is 19.0 Å². The van der Waals surface area contributed by atoms with Gasteiger partial charge in [0.1, 0.15) is 0 Å². The first-order valence-electron chi connectivity index (χ1n) is 6.74. The molecule has 0 fully saturated rings. The zero-order valence-corrected chi connectivity index (χ0v) is 11.7. The van der Waals surface area contributed by atoms with Gasteiger partial charge in [-0.25, -0.2) is 0 Å². The molecule has 0 aromatic carbocycles. The lowest BCUT2D eigenvalue weighted by atomic mass is 10.2. The molecule has 0 saturated carbocycles. The maximum absolute atomic E-state index is 11.9. The van der Waals surface area contributed by atoms with Gasteiger partial charge in [-0.1, -0.05) is 6.42 Å². The minimum absolute atomic E-state index is 0.295. The highest BCUT2D eigenvalue weighted by molar-refractivity contribution is 5.76. The van der Waals surface area contributed by atoms with Crippen LogP contribution in [0.1, 0.15) is 39.0 Å². The van der Waals surface area contributed by atoms with Gasteiger partial charge in [0.15, 0.2) is 0 Å². The summed E-state index contributed by atoms with van der Waals surface area (Å²) in [6, 6.07) is 0. The third kappa shape index (κ3) is 9.12. The van der Waals surface area contributed by atoms with Crippen molar-refractivity contribution in [3.63, 3.8) is 0 Å². The van der Waals surface area contributed by atoms with Crippen molar-refractivity contribution in [1.82, 2.24) is 9.80 Å². The van der Waals surface area contributed by atoms with E-state index < -0.39 is 0 Å². The van der Waals surface area contributed by atoms with E-state index in [9.17, 15) is 4.79 Å². The SMILES string of the molecule is CCN(CCCN(C)C)C(=O)CCCCCN. The van der Waals surface area contributed by atoms with Crippen LogP contribution in [0.5, 0.6) is 0 Å². The maximum atomic E-state index is 11.9. The van der Waals surface area contributed by atoms with Gasteiger partial charge in [-0.15, -0.1) is 0 Å². The summed E-state index contributed by atoms with van der Waals surface area (Å²) in [6.45, 7) is 5.52. The fraction of sp³-hybridized carbons (Fsp3) is 0.923. The number of hydrogen-bond donors (Lipinski definition) is 1. The number of carbonyl (C=O) groups excluding carboxylic acids is 1. The van der Waals surface area contributed by atoms with E-state index in [1.54, 1.807) is 0 Å². The Morgan fingerprint density at radius 2 is 1.76 bits per heavy atom. The highest BCUT2D eigenvalue weighted by Crippen LogP contribution is 2.04. The Kier molecular flexibility index (Phi) is 10.2. The third-order valence-corrected chi connectivity index (χ3v) is 2.86. The standard InChI is InChI=1S/C13H29N3O/c1-4-16(12-8-11-15(2)3)13(17)9-6-5-7-10-14/h4-12,14H2,1-3H3. The summed E-state index contributed by atoms with van der Waals surface area (Å²) in [5.74, 6) is 0.295. The van der Waals surface area contributed by atoms with E-state index in [0.29, 0.717) is 12.3 Å². The topological polar surface area (TPSA) is 49.6 Å². The largest absolute Gasteiger partial charge is 0.343 e. The van der Waals surface area contributed by atoms with Gasteiger partial charge in [0.25, 0.3) is 0 Å². The summed E-state index contributed by atoms with van der Waals surface area (Å²) in [5, 5.41) is 0. The zero-order chi connectivity index (χ0) is 13.1. The van der Waals surface area contributed by atoms with E-state index in [-0.39, 0.29) is 0 Å². The van der Waals surface area contributed by atoms with Crippen molar-refractivity contribution in [3.8, 4) is 0 Å². The molecule has 0 unspecified atom stereocenters. The number of amides is 1. The quantitative estimate of drug-likeness (QED) is 0.589. The van der Waals surface area contributed by atoms with E-state index in [1.165, 1.54) is 0 Å². The molecular formula is C13H29N3O. The van der Waals surface area contributed by atoms with Gasteiger partial charge in [-0.3, -0.25) is 4.79 Å². The summed E-state index contributed by atoms with van der Waals surface area (Å²) in [6.07, 6.45) is 4.79. The number of carbonyl (C=O) groups is 1. The molecule has 0 saturated heterocycles. The van der Waals surface area contributed by atoms with E-state index >= 15 is 0 Å². The van der Waals surface area contributed by atoms with Gasteiger partial charge in [0, 0.05) is 19.5 Å². The van der Waals surface area contributed by atoms with Crippen molar-refractivity contribution in [2.45, 2.75) is 39.0 Å². The Hall–Kier alpha value is -0.610. The molecule has 0 aliphatic rings. The second-order valence-corrected chi connectivity index (χ2v) is 4.73. The highest BCUT2D eigenvalue weighted by atomic mass is 16.2. The second-order valence-electron chi connectivity index (χ2n) is 4.73. The van der Waals surface area contributed by atoms with E-state index in [0.717, 1.165) is 51.9 Å². The van der Waals surface area contributed by atoms with E-state index in [1.807, 2.05) is 11.8 Å². The Morgan fingerprint density at radius 3 is 2.29 bits per heavy atom. The van der Waals surface area contributed by atoms with Gasteiger partial charge in [-0.2, -0.15) is 0 Å². The number of unbranched alkanes of at least 4 members (excludes halogenated alkanes) is 2. The molecule has 0 aromatic heterocycles. The molecule has 4 heteroatoms. The maximum Gasteiger partial charge on any atom is 0.222 e. The molecule has 0 heterocycles. The van der Waals surface area contributed by atoms with Crippen LogP contribution in [0.4, 0.5) is 0 Å². The molecule has 0 aliphatic heterocycles. The fourth-order valence-electron chi connectivity index (χ4n) is 1.79. The highest BCUT2D eigenvalue weighted by Gasteiger charge is 2.10.